The van der Waals surface area contributed by atoms with E-state index < -0.39 is 0 Å². The highest BCUT2D eigenvalue weighted by Gasteiger charge is 2.41. The maximum Gasteiger partial charge on any atom is 0.0935 e. The van der Waals surface area contributed by atoms with E-state index >= 15 is 0 Å². The zero-order chi connectivity index (χ0) is 12.3. The van der Waals surface area contributed by atoms with Crippen LogP contribution in [-0.2, 0) is 11.2 Å². The maximum absolute atomic E-state index is 5.78. The first-order valence-electron chi connectivity index (χ1n) is 6.39. The third kappa shape index (κ3) is 2.87. The van der Waals surface area contributed by atoms with E-state index in [4.69, 9.17) is 4.74 Å². The van der Waals surface area contributed by atoms with Gasteiger partial charge in [-0.1, -0.05) is 6.92 Å². The molecule has 3 nitrogen and oxygen atoms in total. The highest BCUT2D eigenvalue weighted by molar-refractivity contribution is 7.09. The molecule has 1 saturated heterocycles. The second kappa shape index (κ2) is 5.46. The van der Waals surface area contributed by atoms with Crippen molar-refractivity contribution in [3.63, 3.8) is 0 Å². The summed E-state index contributed by atoms with van der Waals surface area (Å²) in [5.74, 6) is 0. The summed E-state index contributed by atoms with van der Waals surface area (Å²) in [6.07, 6.45) is 2.50. The number of nitrogens with one attached hydrogen (secondary N) is 1. The van der Waals surface area contributed by atoms with Crippen LogP contribution in [-0.4, -0.2) is 30.8 Å². The first-order valence-corrected chi connectivity index (χ1v) is 7.27. The molecule has 0 saturated carbocycles. The van der Waals surface area contributed by atoms with Gasteiger partial charge in [0.05, 0.1) is 11.1 Å². The SMILES string of the molecule is CCNCC1(Cc2nc(C)cs2)CCOC1C. The number of thiazole rings is 1. The molecule has 0 spiro atoms. The highest BCUT2D eigenvalue weighted by Crippen LogP contribution is 2.38. The molecule has 4 heteroatoms. The van der Waals surface area contributed by atoms with E-state index in [9.17, 15) is 0 Å². The lowest BCUT2D eigenvalue weighted by molar-refractivity contribution is 0.0632. The summed E-state index contributed by atoms with van der Waals surface area (Å²) >= 11 is 1.78. The van der Waals surface area contributed by atoms with Crippen LogP contribution in [0.3, 0.4) is 0 Å². The predicted octanol–water partition coefficient (Wildman–Crippen LogP) is 2.40. The lowest BCUT2D eigenvalue weighted by Gasteiger charge is -2.31. The van der Waals surface area contributed by atoms with Crippen molar-refractivity contribution in [3.05, 3.63) is 16.1 Å². The Morgan fingerprint density at radius 1 is 1.65 bits per heavy atom. The molecular weight excluding hydrogens is 232 g/mol. The van der Waals surface area contributed by atoms with Crippen molar-refractivity contribution in [2.45, 2.75) is 39.7 Å². The minimum Gasteiger partial charge on any atom is -0.378 e. The van der Waals surface area contributed by atoms with Gasteiger partial charge in [0.15, 0.2) is 0 Å². The Labute approximate surface area is 108 Å². The minimum atomic E-state index is 0.236. The zero-order valence-electron chi connectivity index (χ0n) is 11.0. The summed E-state index contributed by atoms with van der Waals surface area (Å²) in [6, 6.07) is 0. The number of aromatic nitrogens is 1. The minimum absolute atomic E-state index is 0.236. The van der Waals surface area contributed by atoms with Crippen LogP contribution < -0.4 is 5.32 Å². The van der Waals surface area contributed by atoms with Crippen molar-refractivity contribution < 1.29 is 4.74 Å². The van der Waals surface area contributed by atoms with E-state index in [2.05, 4.69) is 36.5 Å². The van der Waals surface area contributed by atoms with E-state index in [1.807, 2.05) is 0 Å². The largest absolute Gasteiger partial charge is 0.378 e. The van der Waals surface area contributed by atoms with Gasteiger partial charge in [-0.25, -0.2) is 4.98 Å². The second-order valence-corrected chi connectivity index (χ2v) is 5.91. The smallest absolute Gasteiger partial charge is 0.0935 e. The van der Waals surface area contributed by atoms with Crippen molar-refractivity contribution in [1.29, 1.82) is 0 Å². The van der Waals surface area contributed by atoms with Crippen molar-refractivity contribution in [3.8, 4) is 0 Å². The van der Waals surface area contributed by atoms with Crippen LogP contribution in [0.2, 0.25) is 0 Å². The molecule has 0 amide bonds. The molecule has 2 unspecified atom stereocenters. The molecule has 2 rings (SSSR count). The predicted molar refractivity (Wildman–Crippen MR) is 71.6 cm³/mol. The summed E-state index contributed by atoms with van der Waals surface area (Å²) < 4.78 is 5.78. The Bertz CT molecular complexity index is 366. The molecule has 1 N–H and O–H groups in total. The fourth-order valence-corrected chi connectivity index (χ4v) is 3.43. The Morgan fingerprint density at radius 3 is 3.00 bits per heavy atom. The molecule has 0 radical (unpaired) electrons. The molecule has 1 fully saturated rings. The number of ether oxygens (including phenoxy) is 1. The van der Waals surface area contributed by atoms with Crippen molar-refractivity contribution >= 4 is 11.3 Å². The monoisotopic (exact) mass is 254 g/mol. The quantitative estimate of drug-likeness (QED) is 0.876. The molecule has 17 heavy (non-hydrogen) atoms. The van der Waals surface area contributed by atoms with E-state index in [1.54, 1.807) is 11.3 Å². The third-order valence-electron chi connectivity index (χ3n) is 3.73. The van der Waals surface area contributed by atoms with Crippen LogP contribution in [0.25, 0.3) is 0 Å². The van der Waals surface area contributed by atoms with E-state index in [0.29, 0.717) is 6.10 Å². The Kier molecular flexibility index (Phi) is 4.17. The summed E-state index contributed by atoms with van der Waals surface area (Å²) in [7, 11) is 0. The van der Waals surface area contributed by atoms with Crippen molar-refractivity contribution in [1.82, 2.24) is 10.3 Å². The Morgan fingerprint density at radius 2 is 2.47 bits per heavy atom. The first kappa shape index (κ1) is 13.0. The van der Waals surface area contributed by atoms with E-state index in [-0.39, 0.29) is 5.41 Å². The molecule has 2 heterocycles. The van der Waals surface area contributed by atoms with Gasteiger partial charge in [-0.2, -0.15) is 0 Å². The van der Waals surface area contributed by atoms with Gasteiger partial charge in [0, 0.05) is 36.1 Å². The third-order valence-corrected chi connectivity index (χ3v) is 4.69. The van der Waals surface area contributed by atoms with Crippen LogP contribution in [0.15, 0.2) is 5.38 Å². The summed E-state index contributed by atoms with van der Waals surface area (Å²) in [4.78, 5) is 4.60. The lowest BCUT2D eigenvalue weighted by Crippen LogP contribution is -2.41. The number of nitrogens with zero attached hydrogens (tertiary/aromatic N) is 1. The van der Waals surface area contributed by atoms with Crippen molar-refractivity contribution in [2.75, 3.05) is 19.7 Å². The Hall–Kier alpha value is -0.450. The van der Waals surface area contributed by atoms with Gasteiger partial charge in [-0.3, -0.25) is 0 Å². The van der Waals surface area contributed by atoms with E-state index in [1.165, 1.54) is 5.01 Å². The van der Waals surface area contributed by atoms with Gasteiger partial charge in [-0.15, -0.1) is 11.3 Å². The van der Waals surface area contributed by atoms with Gasteiger partial charge in [-0.05, 0) is 26.8 Å². The lowest BCUT2D eigenvalue weighted by atomic mass is 9.78. The molecular formula is C13H22N2OS. The molecule has 96 valence electrons. The number of hydrogen-bond donors (Lipinski definition) is 1. The molecule has 2 atom stereocenters. The molecule has 0 aromatic carbocycles. The fraction of sp³-hybridized carbons (Fsp3) is 0.769. The van der Waals surface area contributed by atoms with Crippen LogP contribution >= 0.6 is 11.3 Å². The molecule has 0 bridgehead atoms. The normalized spacial score (nSPS) is 28.8. The maximum atomic E-state index is 5.78. The average molecular weight is 254 g/mol. The van der Waals surface area contributed by atoms with E-state index in [0.717, 1.165) is 38.2 Å². The first-order chi connectivity index (χ1) is 8.16. The molecule has 0 aliphatic carbocycles. The number of rotatable bonds is 5. The van der Waals surface area contributed by atoms with Gasteiger partial charge < -0.3 is 10.1 Å². The summed E-state index contributed by atoms with van der Waals surface area (Å²) in [6.45, 7) is 9.35. The average Bonchev–Trinajstić information content (AvgIpc) is 2.85. The summed E-state index contributed by atoms with van der Waals surface area (Å²) in [5, 5.41) is 6.87. The Balaban J connectivity index is 2.10. The van der Waals surface area contributed by atoms with Crippen LogP contribution in [0.4, 0.5) is 0 Å². The fourth-order valence-electron chi connectivity index (χ4n) is 2.50. The highest BCUT2D eigenvalue weighted by atomic mass is 32.1. The van der Waals surface area contributed by atoms with Gasteiger partial charge in [0.1, 0.15) is 0 Å². The molecule has 1 aromatic rings. The van der Waals surface area contributed by atoms with Crippen LogP contribution in [0, 0.1) is 12.3 Å². The van der Waals surface area contributed by atoms with Gasteiger partial charge in [0.25, 0.3) is 0 Å². The summed E-state index contributed by atoms with van der Waals surface area (Å²) in [5.41, 5.74) is 1.37. The van der Waals surface area contributed by atoms with Crippen LogP contribution in [0.5, 0.6) is 0 Å². The number of aryl methyl sites for hydroxylation is 1. The second-order valence-electron chi connectivity index (χ2n) is 4.97. The van der Waals surface area contributed by atoms with Gasteiger partial charge >= 0.3 is 0 Å². The molecule has 1 aliphatic heterocycles. The standard InChI is InChI=1S/C13H22N2OS/c1-4-14-9-13(5-6-16-11(13)3)7-12-15-10(2)8-17-12/h8,11,14H,4-7,9H2,1-3H3. The van der Waals surface area contributed by atoms with Crippen molar-refractivity contribution in [2.24, 2.45) is 5.41 Å². The van der Waals surface area contributed by atoms with Gasteiger partial charge in [0.2, 0.25) is 0 Å². The zero-order valence-corrected chi connectivity index (χ0v) is 11.8. The number of hydrogen-bond acceptors (Lipinski definition) is 4. The van der Waals surface area contributed by atoms with Crippen LogP contribution in [0.1, 0.15) is 31.0 Å². The molecule has 1 aliphatic rings. The topological polar surface area (TPSA) is 34.2 Å². The molecule has 1 aromatic heterocycles.